The Labute approximate surface area is 122 Å². The summed E-state index contributed by atoms with van der Waals surface area (Å²) >= 11 is 5.81. The van der Waals surface area contributed by atoms with Crippen LogP contribution in [0.2, 0.25) is 5.02 Å². The first kappa shape index (κ1) is 13.6. The Hall–Kier alpha value is -1.33. The highest BCUT2D eigenvalue weighted by Crippen LogP contribution is 2.33. The number of fused-ring (bicyclic) bond motifs is 1. The van der Waals surface area contributed by atoms with Crippen LogP contribution >= 0.6 is 11.6 Å². The van der Waals surface area contributed by atoms with E-state index in [1.54, 1.807) is 0 Å². The third kappa shape index (κ3) is 2.15. The maximum absolute atomic E-state index is 13.7. The number of benzene rings is 1. The van der Waals surface area contributed by atoms with Gasteiger partial charge in [0.2, 0.25) is 5.95 Å². The summed E-state index contributed by atoms with van der Waals surface area (Å²) in [5, 5.41) is 0.0823. The molecule has 0 bridgehead atoms. The highest BCUT2D eigenvalue weighted by Gasteiger charge is 2.27. The molecule has 0 aliphatic carbocycles. The van der Waals surface area contributed by atoms with Gasteiger partial charge in [-0.1, -0.05) is 11.6 Å². The zero-order chi connectivity index (χ0) is 14.4. The van der Waals surface area contributed by atoms with Crippen molar-refractivity contribution in [2.75, 3.05) is 19.3 Å². The fourth-order valence-corrected chi connectivity index (χ4v) is 3.15. The summed E-state index contributed by atoms with van der Waals surface area (Å²) < 4.78 is 15.7. The molecule has 1 aromatic heterocycles. The van der Waals surface area contributed by atoms with Crippen LogP contribution in [0.15, 0.2) is 12.1 Å². The van der Waals surface area contributed by atoms with Gasteiger partial charge >= 0.3 is 0 Å². The molecule has 3 rings (SSSR count). The van der Waals surface area contributed by atoms with Crippen LogP contribution in [0.25, 0.3) is 11.0 Å². The number of nitrogen functional groups attached to an aromatic ring is 1. The number of halogens is 2. The van der Waals surface area contributed by atoms with Crippen LogP contribution in [-0.2, 0) is 0 Å². The molecule has 0 amide bonds. The molecule has 1 aliphatic heterocycles. The maximum atomic E-state index is 13.7. The number of nitrogens with zero attached hydrogens (tertiary/aromatic N) is 3. The van der Waals surface area contributed by atoms with Gasteiger partial charge in [0, 0.05) is 24.7 Å². The molecule has 108 valence electrons. The lowest BCUT2D eigenvalue weighted by Gasteiger charge is -2.36. The molecule has 2 heterocycles. The largest absolute Gasteiger partial charge is 0.369 e. The van der Waals surface area contributed by atoms with E-state index in [1.165, 1.54) is 12.1 Å². The van der Waals surface area contributed by atoms with Crippen LogP contribution in [0.1, 0.15) is 25.8 Å². The van der Waals surface area contributed by atoms with Gasteiger partial charge in [0.1, 0.15) is 5.82 Å². The molecule has 2 atom stereocenters. The Morgan fingerprint density at radius 2 is 2.20 bits per heavy atom. The van der Waals surface area contributed by atoms with Gasteiger partial charge in [-0.2, -0.15) is 0 Å². The summed E-state index contributed by atoms with van der Waals surface area (Å²) in [6.07, 6.45) is 1.97. The second kappa shape index (κ2) is 4.90. The number of likely N-dealkylation sites (tertiary alicyclic amines) is 1. The van der Waals surface area contributed by atoms with E-state index in [1.807, 2.05) is 4.57 Å². The van der Waals surface area contributed by atoms with Crippen molar-refractivity contribution in [3.05, 3.63) is 23.0 Å². The third-order valence-electron chi connectivity index (χ3n) is 4.30. The number of nitrogens with two attached hydrogens (primary N) is 1. The van der Waals surface area contributed by atoms with Crippen LogP contribution < -0.4 is 5.73 Å². The minimum absolute atomic E-state index is 0.0823. The molecule has 20 heavy (non-hydrogen) atoms. The fourth-order valence-electron chi connectivity index (χ4n) is 2.99. The highest BCUT2D eigenvalue weighted by molar-refractivity contribution is 6.31. The smallest absolute Gasteiger partial charge is 0.201 e. The van der Waals surface area contributed by atoms with E-state index >= 15 is 0 Å². The third-order valence-corrected chi connectivity index (χ3v) is 4.59. The van der Waals surface area contributed by atoms with Crippen molar-refractivity contribution in [2.24, 2.45) is 0 Å². The molecule has 4 nitrogen and oxygen atoms in total. The highest BCUT2D eigenvalue weighted by atomic mass is 35.5. The molecule has 1 aliphatic rings. The predicted octanol–water partition coefficient (Wildman–Crippen LogP) is 3.07. The summed E-state index contributed by atoms with van der Waals surface area (Å²) in [5.74, 6) is 0.00436. The number of hydrogen-bond acceptors (Lipinski definition) is 3. The topological polar surface area (TPSA) is 47.1 Å². The van der Waals surface area contributed by atoms with Gasteiger partial charge in [0.25, 0.3) is 0 Å². The van der Waals surface area contributed by atoms with Crippen LogP contribution in [0.3, 0.4) is 0 Å². The molecule has 0 saturated carbocycles. The van der Waals surface area contributed by atoms with E-state index in [0.29, 0.717) is 17.5 Å². The summed E-state index contributed by atoms with van der Waals surface area (Å²) in [6, 6.07) is 3.70. The predicted molar refractivity (Wildman–Crippen MR) is 79.5 cm³/mol. The quantitative estimate of drug-likeness (QED) is 0.880. The van der Waals surface area contributed by atoms with Gasteiger partial charge < -0.3 is 15.2 Å². The molecule has 2 N–H and O–H groups in total. The number of rotatable bonds is 1. The van der Waals surface area contributed by atoms with Crippen molar-refractivity contribution in [3.63, 3.8) is 0 Å². The van der Waals surface area contributed by atoms with Crippen molar-refractivity contribution in [2.45, 2.75) is 31.8 Å². The van der Waals surface area contributed by atoms with E-state index in [9.17, 15) is 4.39 Å². The number of imidazole rings is 1. The molecule has 2 aromatic rings. The molecule has 1 fully saturated rings. The zero-order valence-electron chi connectivity index (χ0n) is 11.6. The minimum Gasteiger partial charge on any atom is -0.369 e. The van der Waals surface area contributed by atoms with Crippen molar-refractivity contribution < 1.29 is 4.39 Å². The Bertz CT molecular complexity index is 654. The molecule has 1 aromatic carbocycles. The summed E-state index contributed by atoms with van der Waals surface area (Å²) in [7, 11) is 2.12. The summed E-state index contributed by atoms with van der Waals surface area (Å²) in [5.41, 5.74) is 7.42. The van der Waals surface area contributed by atoms with E-state index in [4.69, 9.17) is 17.3 Å². The first-order chi connectivity index (χ1) is 9.47. The number of hydrogen-bond donors (Lipinski definition) is 1. The second-order valence-corrected chi connectivity index (χ2v) is 6.01. The van der Waals surface area contributed by atoms with Crippen molar-refractivity contribution in [1.29, 1.82) is 0 Å². The van der Waals surface area contributed by atoms with Crippen molar-refractivity contribution in [1.82, 2.24) is 14.5 Å². The lowest BCUT2D eigenvalue weighted by Crippen LogP contribution is -2.38. The van der Waals surface area contributed by atoms with Crippen molar-refractivity contribution in [3.8, 4) is 0 Å². The van der Waals surface area contributed by atoms with E-state index in [-0.39, 0.29) is 11.1 Å². The Morgan fingerprint density at radius 3 is 2.90 bits per heavy atom. The van der Waals surface area contributed by atoms with Crippen LogP contribution in [0.5, 0.6) is 0 Å². The van der Waals surface area contributed by atoms with Gasteiger partial charge in [-0.15, -0.1) is 0 Å². The van der Waals surface area contributed by atoms with Crippen molar-refractivity contribution >= 4 is 28.6 Å². The second-order valence-electron chi connectivity index (χ2n) is 5.60. The Morgan fingerprint density at radius 1 is 1.45 bits per heavy atom. The van der Waals surface area contributed by atoms with Crippen LogP contribution in [-0.4, -0.2) is 34.1 Å². The first-order valence-corrected chi connectivity index (χ1v) is 7.18. The molecule has 0 radical (unpaired) electrons. The summed E-state index contributed by atoms with van der Waals surface area (Å²) in [4.78, 5) is 6.63. The molecule has 2 unspecified atom stereocenters. The molecule has 1 saturated heterocycles. The number of aromatic nitrogens is 2. The zero-order valence-corrected chi connectivity index (χ0v) is 12.4. The average molecular weight is 297 g/mol. The fraction of sp³-hybridized carbons (Fsp3) is 0.500. The minimum atomic E-state index is -0.429. The standard InChI is InChI=1S/C14H18ClFN4/c1-8-5-9(3-4-19(8)2)20-13-7-11(16)10(15)6-12(13)18-14(20)17/h6-9H,3-5H2,1-2H3,(H2,17,18). The lowest BCUT2D eigenvalue weighted by molar-refractivity contribution is 0.159. The Balaban J connectivity index is 2.07. The summed E-state index contributed by atoms with van der Waals surface area (Å²) in [6.45, 7) is 3.19. The molecule has 6 heteroatoms. The maximum Gasteiger partial charge on any atom is 0.201 e. The first-order valence-electron chi connectivity index (χ1n) is 6.80. The molecule has 0 spiro atoms. The van der Waals surface area contributed by atoms with Gasteiger partial charge in [0.05, 0.1) is 16.1 Å². The SMILES string of the molecule is CC1CC(n2c(N)nc3cc(Cl)c(F)cc32)CCN1C. The normalized spacial score (nSPS) is 24.4. The number of anilines is 1. The molecular formula is C14H18ClFN4. The van der Waals surface area contributed by atoms with E-state index in [2.05, 4.69) is 23.9 Å². The van der Waals surface area contributed by atoms with Gasteiger partial charge in [-0.25, -0.2) is 9.37 Å². The van der Waals surface area contributed by atoms with E-state index < -0.39 is 5.82 Å². The van der Waals surface area contributed by atoms with Gasteiger partial charge in [-0.3, -0.25) is 0 Å². The van der Waals surface area contributed by atoms with Gasteiger partial charge in [0.15, 0.2) is 0 Å². The average Bonchev–Trinajstić information content (AvgIpc) is 2.69. The van der Waals surface area contributed by atoms with Crippen LogP contribution in [0.4, 0.5) is 10.3 Å². The van der Waals surface area contributed by atoms with E-state index in [0.717, 1.165) is 24.9 Å². The molecular weight excluding hydrogens is 279 g/mol. The lowest BCUT2D eigenvalue weighted by atomic mass is 9.98. The monoisotopic (exact) mass is 296 g/mol. The van der Waals surface area contributed by atoms with Crippen LogP contribution in [0, 0.1) is 5.82 Å². The van der Waals surface area contributed by atoms with Gasteiger partial charge in [-0.05, 0) is 32.9 Å². The number of piperidine rings is 1. The Kier molecular flexibility index (Phi) is 3.34.